The van der Waals surface area contributed by atoms with E-state index in [4.69, 9.17) is 5.73 Å². The third-order valence-corrected chi connectivity index (χ3v) is 5.94. The number of nitrogens with two attached hydrogens (primary N) is 1. The van der Waals surface area contributed by atoms with Gasteiger partial charge in [-0.15, -0.1) is 0 Å². The SMILES string of the molecule is CC(N)[I-]CS[C@H](C)I. The van der Waals surface area contributed by atoms with Crippen LogP contribution in [0.4, 0.5) is 0 Å². The zero-order valence-corrected chi connectivity index (χ0v) is 10.7. The van der Waals surface area contributed by atoms with Gasteiger partial charge in [0.05, 0.1) is 0 Å². The Balaban J connectivity index is 2.91. The van der Waals surface area contributed by atoms with Gasteiger partial charge in [-0.05, 0) is 0 Å². The van der Waals surface area contributed by atoms with Gasteiger partial charge in [0, 0.05) is 0 Å². The normalized spacial score (nSPS) is 17.8. The average Bonchev–Trinajstić information content (AvgIpc) is 1.63. The molecular formula is C5H12I2NS-. The Hall–Kier alpha value is 1.77. The Morgan fingerprint density at radius 1 is 1.67 bits per heavy atom. The summed E-state index contributed by atoms with van der Waals surface area (Å²) in [5, 5.41) is 0. The molecule has 0 heterocycles. The molecule has 1 unspecified atom stereocenters. The number of rotatable bonds is 4. The van der Waals surface area contributed by atoms with Crippen molar-refractivity contribution in [1.82, 2.24) is 0 Å². The summed E-state index contributed by atoms with van der Waals surface area (Å²) in [5.74, 6) is 0. The van der Waals surface area contributed by atoms with Gasteiger partial charge in [-0.1, -0.05) is 0 Å². The molecule has 58 valence electrons. The van der Waals surface area contributed by atoms with E-state index in [-0.39, 0.29) is 21.2 Å². The predicted molar refractivity (Wildman–Crippen MR) is 49.6 cm³/mol. The van der Waals surface area contributed by atoms with Gasteiger partial charge in [-0.25, -0.2) is 0 Å². The summed E-state index contributed by atoms with van der Waals surface area (Å²) >= 11 is 4.71. The van der Waals surface area contributed by atoms with Gasteiger partial charge >= 0.3 is 86.2 Å². The zero-order valence-electron chi connectivity index (χ0n) is 5.60. The first-order valence-corrected chi connectivity index (χ1v) is 7.78. The van der Waals surface area contributed by atoms with Gasteiger partial charge in [0.2, 0.25) is 0 Å². The molecule has 2 atom stereocenters. The van der Waals surface area contributed by atoms with Crippen LogP contribution >= 0.6 is 34.4 Å². The van der Waals surface area contributed by atoms with E-state index in [1.54, 1.807) is 0 Å². The summed E-state index contributed by atoms with van der Waals surface area (Å²) in [6.07, 6.45) is 0. The Bertz CT molecular complexity index is 60.0. The van der Waals surface area contributed by atoms with Crippen molar-refractivity contribution in [2.24, 2.45) is 5.73 Å². The molecule has 0 aliphatic rings. The Morgan fingerprint density at radius 3 is 2.56 bits per heavy atom. The van der Waals surface area contributed by atoms with Gasteiger partial charge in [0.1, 0.15) is 0 Å². The second kappa shape index (κ2) is 6.48. The third-order valence-electron chi connectivity index (χ3n) is 0.599. The summed E-state index contributed by atoms with van der Waals surface area (Å²) in [7, 11) is 0. The van der Waals surface area contributed by atoms with Crippen molar-refractivity contribution in [3.8, 4) is 0 Å². The van der Waals surface area contributed by atoms with E-state index in [0.717, 1.165) is 3.26 Å². The fraction of sp³-hybridized carbons (Fsp3) is 1.00. The van der Waals surface area contributed by atoms with Crippen molar-refractivity contribution in [1.29, 1.82) is 0 Å². The van der Waals surface area contributed by atoms with Crippen LogP contribution in [0.3, 0.4) is 0 Å². The van der Waals surface area contributed by atoms with Crippen LogP contribution in [0.1, 0.15) is 13.8 Å². The molecule has 0 saturated carbocycles. The molecule has 0 aromatic carbocycles. The summed E-state index contributed by atoms with van der Waals surface area (Å²) in [4.78, 5) is 0. The van der Waals surface area contributed by atoms with Gasteiger partial charge in [0.15, 0.2) is 0 Å². The molecule has 9 heavy (non-hydrogen) atoms. The first-order chi connectivity index (χ1) is 4.13. The van der Waals surface area contributed by atoms with E-state index in [9.17, 15) is 0 Å². The van der Waals surface area contributed by atoms with Crippen molar-refractivity contribution < 1.29 is 21.2 Å². The topological polar surface area (TPSA) is 26.0 Å². The van der Waals surface area contributed by atoms with Crippen molar-refractivity contribution >= 4 is 34.4 Å². The van der Waals surface area contributed by atoms with Gasteiger partial charge < -0.3 is 0 Å². The summed E-state index contributed by atoms with van der Waals surface area (Å²) in [6, 6.07) is 0. The molecular weight excluding hydrogens is 360 g/mol. The van der Waals surface area contributed by atoms with Crippen LogP contribution in [0, 0.1) is 0 Å². The molecule has 0 rings (SSSR count). The predicted octanol–water partition coefficient (Wildman–Crippen LogP) is -1.15. The van der Waals surface area contributed by atoms with Crippen LogP contribution in [0.2, 0.25) is 0 Å². The molecule has 0 aromatic rings. The standard InChI is InChI=1S/C5H12I2NS/c1-4(6)9-3-7-5(2)8/h4-5H,3,8H2,1-2H3/q-1/t4-,5?/m1/s1. The molecule has 4 heteroatoms. The van der Waals surface area contributed by atoms with Crippen LogP contribution in [0.25, 0.3) is 0 Å². The minimum atomic E-state index is 0.268. The Labute approximate surface area is 85.3 Å². The fourth-order valence-electron chi connectivity index (χ4n) is 0.223. The molecule has 1 nitrogen and oxygen atoms in total. The molecule has 0 amide bonds. The van der Waals surface area contributed by atoms with E-state index >= 15 is 0 Å². The van der Waals surface area contributed by atoms with Gasteiger partial charge in [-0.3, -0.25) is 0 Å². The molecule has 0 fully saturated rings. The maximum absolute atomic E-state index is 5.61. The summed E-state index contributed by atoms with van der Waals surface area (Å²) < 4.78 is 2.54. The van der Waals surface area contributed by atoms with E-state index in [0.29, 0.717) is 4.05 Å². The summed E-state index contributed by atoms with van der Waals surface area (Å²) in [5.41, 5.74) is 5.61. The molecule has 0 spiro atoms. The Kier molecular flexibility index (Phi) is 7.75. The number of alkyl halides is 3. The van der Waals surface area contributed by atoms with Crippen LogP contribution in [-0.4, -0.2) is 11.1 Å². The molecule has 0 aromatic heterocycles. The number of hydrogen-bond donors (Lipinski definition) is 1. The third kappa shape index (κ3) is 9.77. The number of halogens is 2. The number of thioether (sulfide) groups is 1. The van der Waals surface area contributed by atoms with Crippen molar-refractivity contribution in [2.75, 3.05) is 3.76 Å². The van der Waals surface area contributed by atoms with E-state index in [1.807, 2.05) is 11.8 Å². The van der Waals surface area contributed by atoms with Crippen molar-refractivity contribution in [3.63, 3.8) is 0 Å². The first-order valence-electron chi connectivity index (χ1n) is 2.72. The van der Waals surface area contributed by atoms with Gasteiger partial charge in [0.25, 0.3) is 0 Å². The second-order valence-electron chi connectivity index (χ2n) is 1.65. The molecule has 0 bridgehead atoms. The summed E-state index contributed by atoms with van der Waals surface area (Å²) in [6.45, 7) is 4.32. The molecule has 0 radical (unpaired) electrons. The second-order valence-corrected chi connectivity index (χ2v) is 10.3. The maximum atomic E-state index is 5.61. The van der Waals surface area contributed by atoms with Crippen molar-refractivity contribution in [3.05, 3.63) is 0 Å². The van der Waals surface area contributed by atoms with Crippen LogP contribution < -0.4 is 26.9 Å². The molecule has 2 N–H and O–H groups in total. The fourth-order valence-corrected chi connectivity index (χ4v) is 7.21. The minimum absolute atomic E-state index is 0.268. The van der Waals surface area contributed by atoms with E-state index in [1.165, 1.54) is 3.76 Å². The molecule has 0 aliphatic heterocycles. The van der Waals surface area contributed by atoms with Crippen molar-refractivity contribution in [2.45, 2.75) is 21.2 Å². The Morgan fingerprint density at radius 2 is 2.22 bits per heavy atom. The monoisotopic (exact) mass is 372 g/mol. The average molecular weight is 372 g/mol. The van der Waals surface area contributed by atoms with Crippen LogP contribution in [-0.2, 0) is 0 Å². The van der Waals surface area contributed by atoms with Gasteiger partial charge in [-0.2, -0.15) is 0 Å². The van der Waals surface area contributed by atoms with Crippen LogP contribution in [0.15, 0.2) is 0 Å². The zero-order chi connectivity index (χ0) is 7.28. The van der Waals surface area contributed by atoms with Crippen LogP contribution in [0.5, 0.6) is 0 Å². The number of hydrogen-bond acceptors (Lipinski definition) is 2. The van der Waals surface area contributed by atoms with E-state index in [2.05, 4.69) is 36.4 Å². The molecule has 0 saturated heterocycles. The van der Waals surface area contributed by atoms with E-state index < -0.39 is 0 Å². The first kappa shape index (κ1) is 10.8. The quantitative estimate of drug-likeness (QED) is 0.384. The molecule has 0 aliphatic carbocycles.